The SMILES string of the molecule is O=C(CCNS(=O)(=O)c1ccc([N+](=O)[O-])cc1)Nc1nnc(CSc2ccccc2)s1. The van der Waals surface area contributed by atoms with E-state index in [1.807, 2.05) is 30.3 Å². The maximum absolute atomic E-state index is 12.2. The first-order valence-corrected chi connectivity index (χ1v) is 12.2. The van der Waals surface area contributed by atoms with Crippen LogP contribution in [0.5, 0.6) is 0 Å². The second-order valence-electron chi connectivity index (χ2n) is 6.05. The van der Waals surface area contributed by atoms with Gasteiger partial charge < -0.3 is 5.32 Å². The summed E-state index contributed by atoms with van der Waals surface area (Å²) in [5.74, 6) is 0.205. The number of carbonyl (C=O) groups is 1. The first kappa shape index (κ1) is 22.8. The highest BCUT2D eigenvalue weighted by molar-refractivity contribution is 7.98. The average Bonchev–Trinajstić information content (AvgIpc) is 3.20. The van der Waals surface area contributed by atoms with Crippen LogP contribution in [0.3, 0.4) is 0 Å². The minimum absolute atomic E-state index is 0.111. The monoisotopic (exact) mass is 479 g/mol. The highest BCUT2D eigenvalue weighted by Crippen LogP contribution is 2.25. The van der Waals surface area contributed by atoms with Crippen molar-refractivity contribution in [1.82, 2.24) is 14.9 Å². The normalized spacial score (nSPS) is 11.2. The molecule has 0 fully saturated rings. The standard InChI is InChI=1S/C18H17N5O5S3/c24-16(10-11-19-31(27,28)15-8-6-13(7-9-15)23(25)26)20-18-22-21-17(30-18)12-29-14-4-2-1-3-5-14/h1-9,19H,10-12H2,(H,20,22,24). The molecule has 1 aromatic heterocycles. The first-order valence-electron chi connectivity index (χ1n) is 8.88. The summed E-state index contributed by atoms with van der Waals surface area (Å²) in [5.41, 5.74) is -0.211. The smallest absolute Gasteiger partial charge is 0.269 e. The number of nitrogens with zero attached hydrogens (tertiary/aromatic N) is 3. The summed E-state index contributed by atoms with van der Waals surface area (Å²) in [7, 11) is -3.88. The van der Waals surface area contributed by atoms with Crippen molar-refractivity contribution in [3.05, 3.63) is 69.7 Å². The molecule has 162 valence electrons. The maximum atomic E-state index is 12.2. The molecule has 3 aromatic rings. The van der Waals surface area contributed by atoms with Gasteiger partial charge in [0.25, 0.3) is 5.69 Å². The highest BCUT2D eigenvalue weighted by Gasteiger charge is 2.16. The molecule has 3 rings (SSSR count). The number of amides is 1. The number of nitrogens with one attached hydrogen (secondary N) is 2. The Bertz CT molecular complexity index is 1150. The lowest BCUT2D eigenvalue weighted by Gasteiger charge is -2.06. The van der Waals surface area contributed by atoms with Gasteiger partial charge in [0.2, 0.25) is 21.1 Å². The summed E-state index contributed by atoms with van der Waals surface area (Å²) in [6.45, 7) is -0.138. The molecule has 2 N–H and O–H groups in total. The second-order valence-corrected chi connectivity index (χ2v) is 9.93. The van der Waals surface area contributed by atoms with Crippen molar-refractivity contribution in [2.24, 2.45) is 0 Å². The molecule has 13 heteroatoms. The van der Waals surface area contributed by atoms with E-state index in [0.29, 0.717) is 10.9 Å². The Labute approximate surface area is 186 Å². The summed E-state index contributed by atoms with van der Waals surface area (Å²) in [6.07, 6.45) is -0.111. The predicted octanol–water partition coefficient (Wildman–Crippen LogP) is 3.05. The zero-order valence-electron chi connectivity index (χ0n) is 15.9. The van der Waals surface area contributed by atoms with Gasteiger partial charge in [-0.15, -0.1) is 22.0 Å². The molecular weight excluding hydrogens is 462 g/mol. The van der Waals surface area contributed by atoms with E-state index in [0.717, 1.165) is 34.2 Å². The molecule has 0 bridgehead atoms. The zero-order chi connectivity index (χ0) is 22.3. The lowest BCUT2D eigenvalue weighted by molar-refractivity contribution is -0.384. The number of anilines is 1. The molecule has 0 saturated heterocycles. The van der Waals surface area contributed by atoms with Gasteiger partial charge in [-0.05, 0) is 24.3 Å². The Morgan fingerprint density at radius 3 is 2.48 bits per heavy atom. The summed E-state index contributed by atoms with van der Waals surface area (Å²) < 4.78 is 26.7. The van der Waals surface area contributed by atoms with E-state index in [2.05, 4.69) is 20.2 Å². The Hall–Kier alpha value is -2.87. The van der Waals surface area contributed by atoms with Crippen molar-refractivity contribution < 1.29 is 18.1 Å². The van der Waals surface area contributed by atoms with Gasteiger partial charge in [-0.2, -0.15) is 0 Å². The number of benzene rings is 2. The molecule has 31 heavy (non-hydrogen) atoms. The molecular formula is C18H17N5O5S3. The fourth-order valence-corrected chi connectivity index (χ4v) is 5.03. The molecule has 0 saturated carbocycles. The molecule has 0 aliphatic rings. The number of non-ortho nitro benzene ring substituents is 1. The van der Waals surface area contributed by atoms with Crippen molar-refractivity contribution in [1.29, 1.82) is 0 Å². The fourth-order valence-electron chi connectivity index (χ4n) is 2.34. The number of rotatable bonds is 10. The molecule has 1 amide bonds. The number of aromatic nitrogens is 2. The largest absolute Gasteiger partial charge is 0.300 e. The van der Waals surface area contributed by atoms with Crippen LogP contribution < -0.4 is 10.0 Å². The van der Waals surface area contributed by atoms with Crippen LogP contribution in [-0.2, 0) is 20.6 Å². The summed E-state index contributed by atoms with van der Waals surface area (Å²) in [4.78, 5) is 23.1. The van der Waals surface area contributed by atoms with Gasteiger partial charge in [-0.1, -0.05) is 29.5 Å². The average molecular weight is 480 g/mol. The van der Waals surface area contributed by atoms with Crippen LogP contribution in [-0.4, -0.2) is 36.0 Å². The lowest BCUT2D eigenvalue weighted by atomic mass is 10.3. The van der Waals surface area contributed by atoms with E-state index in [1.165, 1.54) is 11.3 Å². The van der Waals surface area contributed by atoms with E-state index < -0.39 is 20.9 Å². The topological polar surface area (TPSA) is 144 Å². The van der Waals surface area contributed by atoms with E-state index >= 15 is 0 Å². The van der Waals surface area contributed by atoms with Crippen LogP contribution in [0, 0.1) is 10.1 Å². The van der Waals surface area contributed by atoms with E-state index in [4.69, 9.17) is 0 Å². The van der Waals surface area contributed by atoms with E-state index in [1.54, 1.807) is 11.8 Å². The van der Waals surface area contributed by atoms with Gasteiger partial charge in [-0.3, -0.25) is 14.9 Å². The Balaban J connectivity index is 1.44. The molecule has 2 aromatic carbocycles. The number of nitro benzene ring substituents is 1. The third kappa shape index (κ3) is 6.82. The lowest BCUT2D eigenvalue weighted by Crippen LogP contribution is -2.27. The molecule has 0 radical (unpaired) electrons. The number of nitro groups is 1. The Morgan fingerprint density at radius 1 is 1.10 bits per heavy atom. The second kappa shape index (κ2) is 10.4. The van der Waals surface area contributed by atoms with Crippen molar-refractivity contribution in [3.8, 4) is 0 Å². The summed E-state index contributed by atoms with van der Waals surface area (Å²) in [5, 5.41) is 22.3. The van der Waals surface area contributed by atoms with Gasteiger partial charge in [0.05, 0.1) is 15.6 Å². The minimum Gasteiger partial charge on any atom is -0.300 e. The van der Waals surface area contributed by atoms with Crippen LogP contribution in [0.4, 0.5) is 10.8 Å². The molecule has 0 aliphatic carbocycles. The molecule has 10 nitrogen and oxygen atoms in total. The number of carbonyl (C=O) groups excluding carboxylic acids is 1. The van der Waals surface area contributed by atoms with Crippen molar-refractivity contribution in [2.75, 3.05) is 11.9 Å². The van der Waals surface area contributed by atoms with Gasteiger partial charge in [0.15, 0.2) is 0 Å². The van der Waals surface area contributed by atoms with Gasteiger partial charge in [0, 0.05) is 30.0 Å². The minimum atomic E-state index is -3.88. The van der Waals surface area contributed by atoms with Crippen molar-refractivity contribution >= 4 is 49.8 Å². The summed E-state index contributed by atoms with van der Waals surface area (Å²) >= 11 is 2.86. The van der Waals surface area contributed by atoms with Gasteiger partial charge in [0.1, 0.15) is 5.01 Å². The fraction of sp³-hybridized carbons (Fsp3) is 0.167. The molecule has 0 spiro atoms. The van der Waals surface area contributed by atoms with Crippen LogP contribution in [0.25, 0.3) is 0 Å². The maximum Gasteiger partial charge on any atom is 0.269 e. The molecule has 0 atom stereocenters. The van der Waals surface area contributed by atoms with Gasteiger partial charge in [-0.25, -0.2) is 13.1 Å². The van der Waals surface area contributed by atoms with Crippen molar-refractivity contribution in [2.45, 2.75) is 22.0 Å². The van der Waals surface area contributed by atoms with E-state index in [-0.39, 0.29) is 23.5 Å². The number of hydrogen-bond donors (Lipinski definition) is 2. The molecule has 0 aliphatic heterocycles. The molecule has 1 heterocycles. The Kier molecular flexibility index (Phi) is 7.68. The van der Waals surface area contributed by atoms with E-state index in [9.17, 15) is 23.3 Å². The molecule has 0 unspecified atom stereocenters. The number of sulfonamides is 1. The zero-order valence-corrected chi connectivity index (χ0v) is 18.4. The third-order valence-electron chi connectivity index (χ3n) is 3.82. The van der Waals surface area contributed by atoms with Crippen LogP contribution >= 0.6 is 23.1 Å². The third-order valence-corrected chi connectivity index (χ3v) is 7.34. The van der Waals surface area contributed by atoms with Crippen LogP contribution in [0.2, 0.25) is 0 Å². The summed E-state index contributed by atoms with van der Waals surface area (Å²) in [6, 6.07) is 14.3. The number of thioether (sulfide) groups is 1. The van der Waals surface area contributed by atoms with Gasteiger partial charge >= 0.3 is 0 Å². The van der Waals surface area contributed by atoms with Crippen LogP contribution in [0.15, 0.2) is 64.4 Å². The van der Waals surface area contributed by atoms with Crippen LogP contribution in [0.1, 0.15) is 11.4 Å². The first-order chi connectivity index (χ1) is 14.8. The highest BCUT2D eigenvalue weighted by atomic mass is 32.2. The Morgan fingerprint density at radius 2 is 1.81 bits per heavy atom. The number of hydrogen-bond acceptors (Lipinski definition) is 9. The quantitative estimate of drug-likeness (QED) is 0.256. The van der Waals surface area contributed by atoms with Crippen molar-refractivity contribution in [3.63, 3.8) is 0 Å². The predicted molar refractivity (Wildman–Crippen MR) is 117 cm³/mol.